The molecule has 1 aromatic carbocycles. The van der Waals surface area contributed by atoms with Gasteiger partial charge in [-0.05, 0) is 18.9 Å². The number of benzene rings is 1. The number of thiazole rings is 1. The van der Waals surface area contributed by atoms with E-state index in [0.29, 0.717) is 36.8 Å². The fourth-order valence-electron chi connectivity index (χ4n) is 2.76. The van der Waals surface area contributed by atoms with Crippen LogP contribution in [0.3, 0.4) is 0 Å². The Bertz CT molecular complexity index is 709. The highest BCUT2D eigenvalue weighted by Crippen LogP contribution is 2.38. The fraction of sp³-hybridized carbons (Fsp3) is 0.438. The first-order chi connectivity index (χ1) is 11.3. The van der Waals surface area contributed by atoms with E-state index in [9.17, 15) is 23.4 Å². The second kappa shape index (κ2) is 6.34. The van der Waals surface area contributed by atoms with Crippen molar-refractivity contribution >= 4 is 16.5 Å². The van der Waals surface area contributed by atoms with Gasteiger partial charge in [0.25, 0.3) is 0 Å². The van der Waals surface area contributed by atoms with E-state index in [2.05, 4.69) is 4.98 Å². The molecule has 0 bridgehead atoms. The van der Waals surface area contributed by atoms with Crippen molar-refractivity contribution in [3.63, 3.8) is 0 Å². The highest BCUT2D eigenvalue weighted by Gasteiger charge is 2.35. The van der Waals surface area contributed by atoms with Crippen molar-refractivity contribution in [1.29, 1.82) is 0 Å². The van der Waals surface area contributed by atoms with Crippen LogP contribution in [0.15, 0.2) is 29.6 Å². The fourth-order valence-corrected chi connectivity index (χ4v) is 3.64. The van der Waals surface area contributed by atoms with Crippen LogP contribution in [-0.2, 0) is 6.18 Å². The van der Waals surface area contributed by atoms with Crippen LogP contribution in [0.25, 0.3) is 11.3 Å². The monoisotopic (exact) mass is 358 g/mol. The van der Waals surface area contributed by atoms with Gasteiger partial charge in [0.2, 0.25) is 0 Å². The molecule has 1 saturated heterocycles. The van der Waals surface area contributed by atoms with Crippen molar-refractivity contribution in [1.82, 2.24) is 4.98 Å². The van der Waals surface area contributed by atoms with E-state index in [1.54, 1.807) is 11.4 Å². The smallest absolute Gasteiger partial charge is 0.393 e. The van der Waals surface area contributed by atoms with Crippen molar-refractivity contribution < 1.29 is 23.4 Å². The quantitative estimate of drug-likeness (QED) is 0.885. The highest BCUT2D eigenvalue weighted by atomic mass is 32.1. The molecule has 0 spiro atoms. The van der Waals surface area contributed by atoms with Gasteiger partial charge >= 0.3 is 6.18 Å². The summed E-state index contributed by atoms with van der Waals surface area (Å²) in [6.07, 6.45) is -3.63. The molecule has 1 fully saturated rings. The second-order valence-corrected chi connectivity index (χ2v) is 6.76. The molecule has 2 heterocycles. The van der Waals surface area contributed by atoms with Gasteiger partial charge in [0.1, 0.15) is 0 Å². The van der Waals surface area contributed by atoms with Crippen LogP contribution in [0.4, 0.5) is 18.3 Å². The zero-order valence-electron chi connectivity index (χ0n) is 12.8. The number of hydrogen-bond acceptors (Lipinski definition) is 5. The molecule has 2 aromatic rings. The van der Waals surface area contributed by atoms with E-state index >= 15 is 0 Å². The lowest BCUT2D eigenvalue weighted by molar-refractivity contribution is -0.137. The maximum Gasteiger partial charge on any atom is 0.417 e. The first kappa shape index (κ1) is 17.2. The van der Waals surface area contributed by atoms with Crippen LogP contribution < -0.4 is 4.90 Å². The minimum Gasteiger partial charge on any atom is -0.393 e. The van der Waals surface area contributed by atoms with Crippen molar-refractivity contribution in [3.8, 4) is 11.3 Å². The molecule has 0 aliphatic carbocycles. The van der Waals surface area contributed by atoms with Gasteiger partial charge in [-0.3, -0.25) is 0 Å². The largest absolute Gasteiger partial charge is 0.417 e. The summed E-state index contributed by atoms with van der Waals surface area (Å²) in [5.41, 5.74) is -1.41. The Kier molecular flexibility index (Phi) is 4.54. The lowest BCUT2D eigenvalue weighted by Gasteiger charge is -2.36. The van der Waals surface area contributed by atoms with E-state index in [0.717, 1.165) is 6.07 Å². The zero-order valence-corrected chi connectivity index (χ0v) is 13.6. The van der Waals surface area contributed by atoms with Gasteiger partial charge < -0.3 is 15.1 Å². The molecule has 0 saturated carbocycles. The number of piperidine rings is 1. The van der Waals surface area contributed by atoms with Crippen molar-refractivity contribution in [2.24, 2.45) is 0 Å². The number of aliphatic hydroxyl groups excluding tert-OH is 1. The number of halogens is 3. The standard InChI is InChI=1S/C16H17F3N2O2S/c17-16(18,19)12-4-2-1-3-11(12)13-9-24-14(20-13)21-7-5-15(23,10-22)6-8-21/h1-4,9,22-23H,5-8,10H2. The number of aliphatic hydroxyl groups is 2. The summed E-state index contributed by atoms with van der Waals surface area (Å²) in [5, 5.41) is 21.5. The molecule has 0 radical (unpaired) electrons. The Morgan fingerprint density at radius 1 is 1.21 bits per heavy atom. The van der Waals surface area contributed by atoms with Crippen LogP contribution in [0.1, 0.15) is 18.4 Å². The number of alkyl halides is 3. The third-order valence-corrected chi connectivity index (χ3v) is 5.16. The Balaban J connectivity index is 1.83. The number of aromatic nitrogens is 1. The van der Waals surface area contributed by atoms with Gasteiger partial charge in [-0.2, -0.15) is 13.2 Å². The highest BCUT2D eigenvalue weighted by molar-refractivity contribution is 7.14. The van der Waals surface area contributed by atoms with Crippen LogP contribution in [0.5, 0.6) is 0 Å². The van der Waals surface area contributed by atoms with E-state index in [1.807, 2.05) is 4.90 Å². The Morgan fingerprint density at radius 2 is 1.88 bits per heavy atom. The molecule has 8 heteroatoms. The number of rotatable bonds is 3. The molecule has 4 nitrogen and oxygen atoms in total. The maximum absolute atomic E-state index is 13.1. The third-order valence-electron chi connectivity index (χ3n) is 4.26. The maximum atomic E-state index is 13.1. The molecule has 2 N–H and O–H groups in total. The van der Waals surface area contributed by atoms with Crippen LogP contribution in [0, 0.1) is 0 Å². The van der Waals surface area contributed by atoms with Crippen molar-refractivity contribution in [2.45, 2.75) is 24.6 Å². The summed E-state index contributed by atoms with van der Waals surface area (Å²) in [4.78, 5) is 6.28. The molecule has 0 unspecified atom stereocenters. The molecule has 24 heavy (non-hydrogen) atoms. The van der Waals surface area contributed by atoms with E-state index in [4.69, 9.17) is 0 Å². The van der Waals surface area contributed by atoms with E-state index in [-0.39, 0.29) is 12.2 Å². The lowest BCUT2D eigenvalue weighted by atomic mass is 9.93. The minimum absolute atomic E-state index is 0.0661. The van der Waals surface area contributed by atoms with Crippen LogP contribution in [0.2, 0.25) is 0 Å². The Hall–Kier alpha value is -1.64. The number of hydrogen-bond donors (Lipinski definition) is 2. The molecule has 3 rings (SSSR count). The third kappa shape index (κ3) is 3.40. The van der Waals surface area contributed by atoms with Gasteiger partial charge in [-0.15, -0.1) is 11.3 Å². The number of nitrogens with zero attached hydrogens (tertiary/aromatic N) is 2. The van der Waals surface area contributed by atoms with Crippen molar-refractivity contribution in [3.05, 3.63) is 35.2 Å². The predicted octanol–water partition coefficient (Wildman–Crippen LogP) is 3.15. The predicted molar refractivity (Wildman–Crippen MR) is 86.0 cm³/mol. The second-order valence-electron chi connectivity index (χ2n) is 5.93. The van der Waals surface area contributed by atoms with E-state index in [1.165, 1.54) is 23.5 Å². The first-order valence-electron chi connectivity index (χ1n) is 7.53. The van der Waals surface area contributed by atoms with E-state index < -0.39 is 17.3 Å². The molecule has 0 atom stereocenters. The molecule has 1 aliphatic heterocycles. The van der Waals surface area contributed by atoms with Gasteiger partial charge in [-0.1, -0.05) is 18.2 Å². The molecular formula is C16H17F3N2O2S. The minimum atomic E-state index is -4.43. The Labute approximate surface area is 141 Å². The first-order valence-corrected chi connectivity index (χ1v) is 8.41. The average Bonchev–Trinajstić information content (AvgIpc) is 3.05. The van der Waals surface area contributed by atoms with Gasteiger partial charge in [0.15, 0.2) is 5.13 Å². The summed E-state index contributed by atoms with van der Waals surface area (Å²) in [7, 11) is 0. The molecular weight excluding hydrogens is 341 g/mol. The summed E-state index contributed by atoms with van der Waals surface area (Å²) < 4.78 is 39.4. The number of anilines is 1. The average molecular weight is 358 g/mol. The topological polar surface area (TPSA) is 56.6 Å². The normalized spacial score (nSPS) is 18.0. The summed E-state index contributed by atoms with van der Waals surface area (Å²) in [6, 6.07) is 5.39. The summed E-state index contributed by atoms with van der Waals surface area (Å²) in [5.74, 6) is 0. The Morgan fingerprint density at radius 3 is 2.50 bits per heavy atom. The van der Waals surface area contributed by atoms with Crippen molar-refractivity contribution in [2.75, 3.05) is 24.6 Å². The molecule has 1 aliphatic rings. The SMILES string of the molecule is OCC1(O)CCN(c2nc(-c3ccccc3C(F)(F)F)cs2)CC1. The summed E-state index contributed by atoms with van der Waals surface area (Å²) >= 11 is 1.28. The lowest BCUT2D eigenvalue weighted by Crippen LogP contribution is -2.46. The molecule has 130 valence electrons. The van der Waals surface area contributed by atoms with Crippen LogP contribution >= 0.6 is 11.3 Å². The van der Waals surface area contributed by atoms with Gasteiger partial charge in [0, 0.05) is 24.0 Å². The van der Waals surface area contributed by atoms with Gasteiger partial charge in [0.05, 0.1) is 23.5 Å². The van der Waals surface area contributed by atoms with Gasteiger partial charge in [-0.25, -0.2) is 4.98 Å². The van der Waals surface area contributed by atoms with Crippen LogP contribution in [-0.4, -0.2) is 40.5 Å². The molecule has 0 amide bonds. The zero-order chi connectivity index (χ0) is 17.4. The summed E-state index contributed by atoms with van der Waals surface area (Å²) in [6.45, 7) is 0.721. The molecule has 1 aromatic heterocycles.